The van der Waals surface area contributed by atoms with Crippen LogP contribution >= 0.6 is 0 Å². The average Bonchev–Trinajstić information content (AvgIpc) is 2.96. The van der Waals surface area contributed by atoms with Crippen LogP contribution in [0.5, 0.6) is 28.7 Å². The molecule has 0 fully saturated rings. The molecular weight excluding hydrogens is 336 g/mol. The maximum absolute atomic E-state index is 12.6. The number of hydrogen-bond acceptors (Lipinski definition) is 6. The van der Waals surface area contributed by atoms with Gasteiger partial charge in [-0.05, 0) is 31.2 Å². The van der Waals surface area contributed by atoms with E-state index in [9.17, 15) is 4.79 Å². The molecule has 0 aliphatic carbocycles. The highest BCUT2D eigenvalue weighted by Gasteiger charge is 2.28. The van der Waals surface area contributed by atoms with Crippen LogP contribution in [0.4, 0.5) is 0 Å². The van der Waals surface area contributed by atoms with Crippen molar-refractivity contribution in [2.75, 3.05) is 27.9 Å². The summed E-state index contributed by atoms with van der Waals surface area (Å²) in [5.74, 6) is 2.75. The number of ketones is 1. The Hall–Kier alpha value is -3.15. The van der Waals surface area contributed by atoms with Gasteiger partial charge >= 0.3 is 0 Å². The van der Waals surface area contributed by atoms with E-state index in [4.69, 9.17) is 23.7 Å². The lowest BCUT2D eigenvalue weighted by molar-refractivity contribution is 0.101. The van der Waals surface area contributed by atoms with Crippen molar-refractivity contribution < 1.29 is 28.5 Å². The summed E-state index contributed by atoms with van der Waals surface area (Å²) in [6, 6.07) is 8.60. The van der Waals surface area contributed by atoms with Crippen molar-refractivity contribution in [2.45, 2.75) is 6.92 Å². The molecule has 2 aromatic rings. The van der Waals surface area contributed by atoms with Gasteiger partial charge < -0.3 is 23.7 Å². The standard InChI is InChI=1S/C20H20O6/c1-5-25-13-6-7-14-16(10-13)26-19(20(14)21)9-12-8-17(23-3)18(24-4)11-15(12)22-2/h6-11H,5H2,1-4H3/b19-9-. The topological polar surface area (TPSA) is 63.2 Å². The number of benzene rings is 2. The predicted octanol–water partition coefficient (Wildman–Crippen LogP) is 3.73. The van der Waals surface area contributed by atoms with E-state index < -0.39 is 0 Å². The highest BCUT2D eigenvalue weighted by Crippen LogP contribution is 2.38. The third-order valence-electron chi connectivity index (χ3n) is 3.97. The van der Waals surface area contributed by atoms with Crippen molar-refractivity contribution in [1.29, 1.82) is 0 Å². The lowest BCUT2D eigenvalue weighted by atomic mass is 10.1. The zero-order chi connectivity index (χ0) is 18.7. The number of Topliss-reactive ketones (excluding diaryl/α,β-unsaturated/α-hetero) is 1. The molecule has 0 amide bonds. The maximum Gasteiger partial charge on any atom is 0.231 e. The lowest BCUT2D eigenvalue weighted by Gasteiger charge is -2.12. The average molecular weight is 356 g/mol. The molecule has 26 heavy (non-hydrogen) atoms. The Morgan fingerprint density at radius 2 is 1.65 bits per heavy atom. The second-order valence-corrected chi connectivity index (χ2v) is 5.48. The van der Waals surface area contributed by atoms with Crippen LogP contribution in [0.3, 0.4) is 0 Å². The van der Waals surface area contributed by atoms with Crippen LogP contribution < -0.4 is 23.7 Å². The van der Waals surface area contributed by atoms with Gasteiger partial charge in [-0.15, -0.1) is 0 Å². The molecule has 1 aliphatic rings. The molecule has 0 spiro atoms. The normalized spacial score (nSPS) is 14.0. The third-order valence-corrected chi connectivity index (χ3v) is 3.97. The Balaban J connectivity index is 1.99. The number of carbonyl (C=O) groups is 1. The Labute approximate surface area is 151 Å². The van der Waals surface area contributed by atoms with Crippen molar-refractivity contribution in [1.82, 2.24) is 0 Å². The van der Waals surface area contributed by atoms with E-state index >= 15 is 0 Å². The molecule has 0 atom stereocenters. The van der Waals surface area contributed by atoms with Crippen LogP contribution in [-0.4, -0.2) is 33.7 Å². The van der Waals surface area contributed by atoms with Crippen molar-refractivity contribution in [3.05, 3.63) is 47.2 Å². The predicted molar refractivity (Wildman–Crippen MR) is 96.6 cm³/mol. The van der Waals surface area contributed by atoms with Crippen LogP contribution in [0.2, 0.25) is 0 Å². The van der Waals surface area contributed by atoms with Crippen LogP contribution in [-0.2, 0) is 0 Å². The highest BCUT2D eigenvalue weighted by atomic mass is 16.5. The van der Waals surface area contributed by atoms with Gasteiger partial charge in [0.1, 0.15) is 17.2 Å². The van der Waals surface area contributed by atoms with Gasteiger partial charge in [0.05, 0.1) is 33.5 Å². The number of fused-ring (bicyclic) bond motifs is 1. The lowest BCUT2D eigenvalue weighted by Crippen LogP contribution is -2.00. The number of allylic oxidation sites excluding steroid dienone is 1. The van der Waals surface area contributed by atoms with Gasteiger partial charge in [0.25, 0.3) is 0 Å². The summed E-state index contributed by atoms with van der Waals surface area (Å²) in [6.07, 6.45) is 1.63. The van der Waals surface area contributed by atoms with Crippen molar-refractivity contribution in [2.24, 2.45) is 0 Å². The van der Waals surface area contributed by atoms with Crippen molar-refractivity contribution in [3.8, 4) is 28.7 Å². The molecule has 0 aromatic heterocycles. The Morgan fingerprint density at radius 1 is 0.962 bits per heavy atom. The molecule has 136 valence electrons. The number of methoxy groups -OCH3 is 3. The van der Waals surface area contributed by atoms with E-state index in [0.29, 0.717) is 46.5 Å². The molecule has 0 saturated heterocycles. The van der Waals surface area contributed by atoms with E-state index in [2.05, 4.69) is 0 Å². The summed E-state index contributed by atoms with van der Waals surface area (Å²) in [4.78, 5) is 12.6. The smallest absolute Gasteiger partial charge is 0.231 e. The monoisotopic (exact) mass is 356 g/mol. The largest absolute Gasteiger partial charge is 0.496 e. The van der Waals surface area contributed by atoms with E-state index in [1.54, 1.807) is 57.7 Å². The highest BCUT2D eigenvalue weighted by molar-refractivity contribution is 6.14. The molecule has 0 saturated carbocycles. The summed E-state index contributed by atoms with van der Waals surface area (Å²) >= 11 is 0. The minimum Gasteiger partial charge on any atom is -0.496 e. The molecule has 2 aromatic carbocycles. The second kappa shape index (κ2) is 7.39. The molecule has 1 heterocycles. The minimum absolute atomic E-state index is 0.195. The molecule has 6 heteroatoms. The van der Waals surface area contributed by atoms with Crippen LogP contribution in [0.25, 0.3) is 6.08 Å². The summed E-state index contributed by atoms with van der Waals surface area (Å²) in [5.41, 5.74) is 1.14. The number of rotatable bonds is 6. The van der Waals surface area contributed by atoms with Gasteiger partial charge in [0.15, 0.2) is 17.3 Å². The molecule has 6 nitrogen and oxygen atoms in total. The number of ether oxygens (including phenoxy) is 5. The first kappa shape index (κ1) is 17.7. The van der Waals surface area contributed by atoms with Crippen LogP contribution in [0.1, 0.15) is 22.8 Å². The first-order valence-corrected chi connectivity index (χ1v) is 8.12. The summed E-state index contributed by atoms with van der Waals surface area (Å²) in [5, 5.41) is 0. The SMILES string of the molecule is CCOc1ccc2c(c1)O/C(=C\c1cc(OC)c(OC)cc1OC)C2=O. The molecule has 0 N–H and O–H groups in total. The van der Waals surface area contributed by atoms with Crippen LogP contribution in [0.15, 0.2) is 36.1 Å². The van der Waals surface area contributed by atoms with Gasteiger partial charge in [-0.25, -0.2) is 0 Å². The Kier molecular flexibility index (Phi) is 5.02. The fourth-order valence-corrected chi connectivity index (χ4v) is 2.73. The molecule has 0 radical (unpaired) electrons. The number of hydrogen-bond donors (Lipinski definition) is 0. The van der Waals surface area contributed by atoms with Crippen molar-refractivity contribution >= 4 is 11.9 Å². The third kappa shape index (κ3) is 3.18. The maximum atomic E-state index is 12.6. The van der Waals surface area contributed by atoms with E-state index in [1.807, 2.05) is 6.92 Å². The fourth-order valence-electron chi connectivity index (χ4n) is 2.73. The van der Waals surface area contributed by atoms with E-state index in [-0.39, 0.29) is 11.5 Å². The van der Waals surface area contributed by atoms with Crippen molar-refractivity contribution in [3.63, 3.8) is 0 Å². The van der Waals surface area contributed by atoms with Gasteiger partial charge in [0, 0.05) is 17.7 Å². The summed E-state index contributed by atoms with van der Waals surface area (Å²) in [6.45, 7) is 2.44. The quantitative estimate of drug-likeness (QED) is 0.735. The first-order valence-electron chi connectivity index (χ1n) is 8.12. The molecule has 1 aliphatic heterocycles. The summed E-state index contributed by atoms with van der Waals surface area (Å²) in [7, 11) is 4.64. The van der Waals surface area contributed by atoms with Gasteiger partial charge in [-0.3, -0.25) is 4.79 Å². The Bertz CT molecular complexity index is 869. The molecular formula is C20H20O6. The minimum atomic E-state index is -0.195. The molecule has 0 bridgehead atoms. The fraction of sp³-hybridized carbons (Fsp3) is 0.250. The molecule has 3 rings (SSSR count). The number of carbonyl (C=O) groups excluding carboxylic acids is 1. The van der Waals surface area contributed by atoms with Gasteiger partial charge in [-0.2, -0.15) is 0 Å². The zero-order valence-electron chi connectivity index (χ0n) is 15.1. The Morgan fingerprint density at radius 3 is 2.31 bits per heavy atom. The van der Waals surface area contributed by atoms with E-state index in [0.717, 1.165) is 0 Å². The molecule has 0 unspecified atom stereocenters. The van der Waals surface area contributed by atoms with Crippen LogP contribution in [0, 0.1) is 0 Å². The zero-order valence-corrected chi connectivity index (χ0v) is 15.1. The second-order valence-electron chi connectivity index (χ2n) is 5.48. The first-order chi connectivity index (χ1) is 12.6. The van der Waals surface area contributed by atoms with Gasteiger partial charge in [-0.1, -0.05) is 0 Å². The summed E-state index contributed by atoms with van der Waals surface area (Å²) < 4.78 is 27.2. The van der Waals surface area contributed by atoms with Gasteiger partial charge in [0.2, 0.25) is 5.78 Å². The van der Waals surface area contributed by atoms with E-state index in [1.165, 1.54) is 0 Å².